The van der Waals surface area contributed by atoms with Gasteiger partial charge in [0.25, 0.3) is 0 Å². The van der Waals surface area contributed by atoms with Gasteiger partial charge in [-0.2, -0.15) is 0 Å². The number of aliphatic hydroxyl groups excluding tert-OH is 2. The van der Waals surface area contributed by atoms with Gasteiger partial charge < -0.3 is 34.3 Å². The lowest BCUT2D eigenvalue weighted by atomic mass is 9.87. The molecule has 3 N–H and O–H groups in total. The largest absolute Gasteiger partial charge is 0.493 e. The van der Waals surface area contributed by atoms with Gasteiger partial charge in [-0.05, 0) is 52.8 Å². The van der Waals surface area contributed by atoms with Crippen molar-refractivity contribution in [1.82, 2.24) is 10.2 Å². The van der Waals surface area contributed by atoms with Gasteiger partial charge in [-0.15, -0.1) is 0 Å². The molecule has 3 rings (SSSR count). The zero-order valence-corrected chi connectivity index (χ0v) is 23.7. The van der Waals surface area contributed by atoms with Crippen LogP contribution in [0.2, 0.25) is 0 Å². The molecule has 2 aromatic rings. The first-order chi connectivity index (χ1) is 18.2. The maximum Gasteiger partial charge on any atom is 0.247 e. The lowest BCUT2D eigenvalue weighted by Crippen LogP contribution is -2.55. The van der Waals surface area contributed by atoms with E-state index >= 15 is 0 Å². The Kier molecular flexibility index (Phi) is 10.7. The van der Waals surface area contributed by atoms with Gasteiger partial charge in [-0.25, -0.2) is 0 Å². The van der Waals surface area contributed by atoms with Gasteiger partial charge in [-0.3, -0.25) is 14.4 Å². The van der Waals surface area contributed by atoms with Crippen LogP contribution < -0.4 is 14.8 Å². The molecule has 1 aliphatic carbocycles. The van der Waals surface area contributed by atoms with Crippen LogP contribution in [0.3, 0.4) is 0 Å². The summed E-state index contributed by atoms with van der Waals surface area (Å²) < 4.78 is 17.4. The molecule has 3 atom stereocenters. The number of nitrogens with zero attached hydrogens (tertiary/aromatic N) is 1. The van der Waals surface area contributed by atoms with Gasteiger partial charge >= 0.3 is 0 Å². The second-order valence-corrected chi connectivity index (χ2v) is 10.6. The minimum Gasteiger partial charge on any atom is -0.493 e. The third-order valence-electron chi connectivity index (χ3n) is 6.09. The summed E-state index contributed by atoms with van der Waals surface area (Å²) in [7, 11) is 1.44. The van der Waals surface area contributed by atoms with Crippen LogP contribution in [0.5, 0.6) is 11.5 Å². The second kappa shape index (κ2) is 13.8. The molecule has 1 aromatic carbocycles. The van der Waals surface area contributed by atoms with Gasteiger partial charge in [0.15, 0.2) is 11.5 Å². The van der Waals surface area contributed by atoms with E-state index in [2.05, 4.69) is 5.32 Å². The molecule has 0 fully saturated rings. The summed E-state index contributed by atoms with van der Waals surface area (Å²) in [4.78, 5) is 39.2. The fourth-order valence-electron chi connectivity index (χ4n) is 4.27. The van der Waals surface area contributed by atoms with E-state index in [0.29, 0.717) is 32.5 Å². The number of ether oxygens (including phenoxy) is 2. The van der Waals surface area contributed by atoms with E-state index in [1.165, 1.54) is 31.8 Å². The summed E-state index contributed by atoms with van der Waals surface area (Å²) in [6, 6.07) is 4.09. The Hall–Kier alpha value is -2.90. The van der Waals surface area contributed by atoms with E-state index in [9.17, 15) is 24.6 Å². The molecule has 0 saturated carbocycles. The first-order valence-electron chi connectivity index (χ1n) is 12.3. The van der Waals surface area contributed by atoms with E-state index in [0.717, 1.165) is 5.56 Å². The van der Waals surface area contributed by atoms with Crippen molar-refractivity contribution in [2.24, 2.45) is 5.92 Å². The number of hydrogen-bond acceptors (Lipinski definition) is 8. The first kappa shape index (κ1) is 29.7. The van der Waals surface area contributed by atoms with E-state index in [-0.39, 0.29) is 44.4 Å². The van der Waals surface area contributed by atoms with Crippen molar-refractivity contribution in [2.75, 3.05) is 20.3 Å². The first-order valence-corrected chi connectivity index (χ1v) is 13.3. The van der Waals surface area contributed by atoms with E-state index < -0.39 is 24.2 Å². The smallest absolute Gasteiger partial charge is 0.247 e. The third kappa shape index (κ3) is 7.35. The fraction of sp³-hybridized carbons (Fsp3) is 0.444. The molecule has 0 aliphatic heterocycles. The minimum absolute atomic E-state index is 0.0544. The molecule has 38 heavy (non-hydrogen) atoms. The van der Waals surface area contributed by atoms with Crippen LogP contribution in [0, 0.1) is 9.49 Å². The molecule has 1 aliphatic rings. The number of nitrogens with one attached hydrogen (secondary N) is 1. The SMILES string of the molecule is COc1cc(C=O)cc(I)c1OC1C=C(C(=O)NCCO)CC(N(Cc2ccoc2)C(=O)CC(C)C)C1O. The summed E-state index contributed by atoms with van der Waals surface area (Å²) in [6.45, 7) is 3.86. The van der Waals surface area contributed by atoms with Crippen molar-refractivity contribution in [3.63, 3.8) is 0 Å². The van der Waals surface area contributed by atoms with Crippen LogP contribution in [0.1, 0.15) is 42.6 Å². The van der Waals surface area contributed by atoms with E-state index in [4.69, 9.17) is 13.9 Å². The minimum atomic E-state index is -1.20. The zero-order chi connectivity index (χ0) is 27.8. The number of hydrogen-bond donors (Lipinski definition) is 3. The average Bonchev–Trinajstić information content (AvgIpc) is 3.40. The van der Waals surface area contributed by atoms with Crippen molar-refractivity contribution in [1.29, 1.82) is 0 Å². The Bertz CT molecular complexity index is 1150. The average molecular weight is 640 g/mol. The third-order valence-corrected chi connectivity index (χ3v) is 6.89. The Labute approximate surface area is 235 Å². The maximum absolute atomic E-state index is 13.4. The topological polar surface area (TPSA) is 139 Å². The monoisotopic (exact) mass is 640 g/mol. The molecule has 11 heteroatoms. The lowest BCUT2D eigenvalue weighted by Gasteiger charge is -2.40. The highest BCUT2D eigenvalue weighted by Crippen LogP contribution is 2.37. The summed E-state index contributed by atoms with van der Waals surface area (Å²) >= 11 is 2.01. The van der Waals surface area contributed by atoms with E-state index in [1.807, 2.05) is 36.4 Å². The Balaban J connectivity index is 2.02. The predicted molar refractivity (Wildman–Crippen MR) is 147 cm³/mol. The number of benzene rings is 1. The van der Waals surface area contributed by atoms with Gasteiger partial charge in [0.05, 0.1) is 35.9 Å². The van der Waals surface area contributed by atoms with Crippen molar-refractivity contribution in [3.8, 4) is 11.5 Å². The molecule has 206 valence electrons. The summed E-state index contributed by atoms with van der Waals surface area (Å²) in [6.07, 6.45) is 3.38. The Morgan fingerprint density at radius 3 is 2.71 bits per heavy atom. The second-order valence-electron chi connectivity index (χ2n) is 9.42. The van der Waals surface area contributed by atoms with Gasteiger partial charge in [0.2, 0.25) is 11.8 Å². The molecule has 0 bridgehead atoms. The Morgan fingerprint density at radius 2 is 2.11 bits per heavy atom. The van der Waals surface area contributed by atoms with Gasteiger partial charge in [0.1, 0.15) is 18.5 Å². The highest BCUT2D eigenvalue weighted by molar-refractivity contribution is 14.1. The zero-order valence-electron chi connectivity index (χ0n) is 21.6. The molecule has 0 spiro atoms. The molecule has 0 saturated heterocycles. The number of aldehydes is 1. The van der Waals surface area contributed by atoms with Crippen LogP contribution >= 0.6 is 22.6 Å². The Morgan fingerprint density at radius 1 is 1.34 bits per heavy atom. The van der Waals surface area contributed by atoms with Crippen LogP contribution in [-0.2, 0) is 16.1 Å². The maximum atomic E-state index is 13.4. The standard InChI is InChI=1S/C27H33IN2O8/c1-16(2)8-24(33)30(13-17-4-7-37-15-17)21-11-19(27(35)29-5-6-31)12-22(25(21)34)38-26-20(28)9-18(14-32)10-23(26)36-3/h4,7,9-10,12,14-16,21-22,25,31,34H,5-6,8,11,13H2,1-3H3,(H,29,35). The molecule has 1 heterocycles. The number of carbonyl (C=O) groups is 3. The molecule has 10 nitrogen and oxygen atoms in total. The predicted octanol–water partition coefficient (Wildman–Crippen LogP) is 2.70. The quantitative estimate of drug-likeness (QED) is 0.238. The van der Waals surface area contributed by atoms with Crippen LogP contribution in [-0.4, -0.2) is 71.7 Å². The number of carbonyl (C=O) groups excluding carboxylic acids is 3. The lowest BCUT2D eigenvalue weighted by molar-refractivity contribution is -0.140. The van der Waals surface area contributed by atoms with Gasteiger partial charge in [0, 0.05) is 42.6 Å². The highest BCUT2D eigenvalue weighted by Gasteiger charge is 2.41. The van der Waals surface area contributed by atoms with Crippen molar-refractivity contribution < 1.29 is 38.5 Å². The molecular formula is C27H33IN2O8. The highest BCUT2D eigenvalue weighted by atomic mass is 127. The van der Waals surface area contributed by atoms with Crippen LogP contribution in [0.4, 0.5) is 0 Å². The number of amides is 2. The van der Waals surface area contributed by atoms with Gasteiger partial charge in [-0.1, -0.05) is 13.8 Å². The van der Waals surface area contributed by atoms with Crippen molar-refractivity contribution >= 4 is 40.7 Å². The van der Waals surface area contributed by atoms with Crippen LogP contribution in [0.25, 0.3) is 0 Å². The molecular weight excluding hydrogens is 607 g/mol. The molecule has 3 unspecified atom stereocenters. The van der Waals surface area contributed by atoms with Crippen molar-refractivity contribution in [3.05, 3.63) is 57.1 Å². The summed E-state index contributed by atoms with van der Waals surface area (Å²) in [5, 5.41) is 23.4. The normalized spacial score (nSPS) is 19.0. The number of aliphatic hydroxyl groups is 2. The number of methoxy groups -OCH3 is 1. The van der Waals surface area contributed by atoms with E-state index in [1.54, 1.807) is 17.0 Å². The molecule has 2 amide bonds. The summed E-state index contributed by atoms with van der Waals surface area (Å²) in [5.74, 6) is 0.0570. The fourth-order valence-corrected chi connectivity index (χ4v) is 5.03. The molecule has 0 radical (unpaired) electrons. The molecule has 1 aromatic heterocycles. The summed E-state index contributed by atoms with van der Waals surface area (Å²) in [5.41, 5.74) is 1.45. The number of rotatable bonds is 12. The van der Waals surface area contributed by atoms with Crippen LogP contribution in [0.15, 0.2) is 46.8 Å². The van der Waals surface area contributed by atoms with Crippen molar-refractivity contribution in [2.45, 2.75) is 51.5 Å². The number of furan rings is 1. The number of halogens is 1.